The summed E-state index contributed by atoms with van der Waals surface area (Å²) < 4.78 is 0. The predicted octanol–water partition coefficient (Wildman–Crippen LogP) is 2.32. The molecule has 0 aromatic carbocycles. The van der Waals surface area contributed by atoms with E-state index in [1.165, 1.54) is 33.0 Å². The highest BCUT2D eigenvalue weighted by Gasteiger charge is 2.36. The molecule has 0 unspecified atom stereocenters. The van der Waals surface area contributed by atoms with Gasteiger partial charge in [-0.2, -0.15) is 0 Å². The third-order valence-electron chi connectivity index (χ3n) is 2.71. The Balaban J connectivity index is 3.11. The number of carbonyl (C=O) groups excluding carboxylic acids is 1. The zero-order valence-corrected chi connectivity index (χ0v) is 11.6. The molecule has 0 bridgehead atoms. The van der Waals surface area contributed by atoms with Gasteiger partial charge in [-0.15, -0.1) is 0 Å². The van der Waals surface area contributed by atoms with Crippen LogP contribution in [0.1, 0.15) is 24.2 Å². The molecule has 0 saturated heterocycles. The first-order valence-corrected chi connectivity index (χ1v) is 5.77. The highest BCUT2D eigenvalue weighted by atomic mass is 35.5. The summed E-state index contributed by atoms with van der Waals surface area (Å²) in [7, 11) is 1.39. The van der Waals surface area contributed by atoms with E-state index in [-0.39, 0.29) is 15.9 Å². The van der Waals surface area contributed by atoms with Gasteiger partial charge in [0.25, 0.3) is 5.91 Å². The van der Waals surface area contributed by atoms with Crippen LogP contribution >= 0.6 is 23.2 Å². The summed E-state index contributed by atoms with van der Waals surface area (Å²) in [6.07, 6.45) is 0. The van der Waals surface area contributed by atoms with Crippen molar-refractivity contribution >= 4 is 35.1 Å². The fourth-order valence-electron chi connectivity index (χ4n) is 1.15. The molecule has 1 rings (SSSR count). The molecule has 1 heterocycles. The van der Waals surface area contributed by atoms with E-state index in [4.69, 9.17) is 28.3 Å². The monoisotopic (exact) mass is 290 g/mol. The van der Waals surface area contributed by atoms with E-state index in [1.54, 1.807) is 0 Å². The number of hydrogen-bond donors (Lipinski definition) is 1. The Hall–Kier alpha value is -1.33. The van der Waals surface area contributed by atoms with Gasteiger partial charge in [-0.3, -0.25) is 4.79 Å². The lowest BCUT2D eigenvalue weighted by Gasteiger charge is -2.31. The van der Waals surface area contributed by atoms with Crippen molar-refractivity contribution in [2.24, 2.45) is 0 Å². The van der Waals surface area contributed by atoms with Crippen LogP contribution in [0.4, 0.5) is 0 Å². The summed E-state index contributed by atoms with van der Waals surface area (Å²) in [6, 6.07) is 2.83. The van der Waals surface area contributed by atoms with Gasteiger partial charge in [-0.25, -0.2) is 9.78 Å². The van der Waals surface area contributed by atoms with Crippen molar-refractivity contribution in [1.82, 2.24) is 9.88 Å². The van der Waals surface area contributed by atoms with Gasteiger partial charge in [0.2, 0.25) is 0 Å². The van der Waals surface area contributed by atoms with Crippen molar-refractivity contribution in [2.45, 2.75) is 19.4 Å². The standard InChI is InChI=1S/C11H12Cl2N2O3/c1-11(2,10(17)18)15(3)9(16)6-4-5-7(12)14-8(6)13/h4-5H,1-3H3,(H,17,18). The largest absolute Gasteiger partial charge is 0.480 e. The lowest BCUT2D eigenvalue weighted by atomic mass is 10.0. The third kappa shape index (κ3) is 2.73. The van der Waals surface area contributed by atoms with Crippen LogP contribution < -0.4 is 0 Å². The molecule has 5 nitrogen and oxygen atoms in total. The Labute approximate surface area is 114 Å². The number of likely N-dealkylation sites (N-methyl/N-ethyl adjacent to an activating group) is 1. The maximum atomic E-state index is 12.1. The summed E-state index contributed by atoms with van der Waals surface area (Å²) in [4.78, 5) is 28.0. The SMILES string of the molecule is CN(C(=O)c1ccc(Cl)nc1Cl)C(C)(C)C(=O)O. The Morgan fingerprint density at radius 3 is 2.33 bits per heavy atom. The van der Waals surface area contributed by atoms with Gasteiger partial charge in [0.05, 0.1) is 5.56 Å². The average molecular weight is 291 g/mol. The van der Waals surface area contributed by atoms with Gasteiger partial charge < -0.3 is 10.0 Å². The number of pyridine rings is 1. The van der Waals surface area contributed by atoms with Crippen molar-refractivity contribution in [2.75, 3.05) is 7.05 Å². The first-order chi connectivity index (χ1) is 8.17. The minimum atomic E-state index is -1.35. The van der Waals surface area contributed by atoms with Crippen molar-refractivity contribution in [1.29, 1.82) is 0 Å². The maximum absolute atomic E-state index is 12.1. The van der Waals surface area contributed by atoms with E-state index in [1.807, 2.05) is 0 Å². The van der Waals surface area contributed by atoms with Crippen LogP contribution in [-0.2, 0) is 4.79 Å². The highest BCUT2D eigenvalue weighted by molar-refractivity contribution is 6.34. The van der Waals surface area contributed by atoms with Crippen LogP contribution in [-0.4, -0.2) is 39.5 Å². The zero-order valence-electron chi connectivity index (χ0n) is 10.1. The molecule has 0 aliphatic carbocycles. The second-order valence-electron chi connectivity index (χ2n) is 4.20. The Morgan fingerprint density at radius 2 is 1.89 bits per heavy atom. The van der Waals surface area contributed by atoms with Gasteiger partial charge in [-0.05, 0) is 26.0 Å². The number of nitrogens with zero attached hydrogens (tertiary/aromatic N) is 2. The normalized spacial score (nSPS) is 11.2. The zero-order chi connectivity index (χ0) is 14.1. The third-order valence-corrected chi connectivity index (χ3v) is 3.21. The smallest absolute Gasteiger partial charge is 0.329 e. The molecule has 0 atom stereocenters. The molecule has 1 aromatic rings. The van der Waals surface area contributed by atoms with Gasteiger partial charge in [0.1, 0.15) is 15.8 Å². The van der Waals surface area contributed by atoms with Crippen molar-refractivity contribution in [3.63, 3.8) is 0 Å². The molecule has 0 saturated carbocycles. The minimum Gasteiger partial charge on any atom is -0.480 e. The maximum Gasteiger partial charge on any atom is 0.329 e. The number of hydrogen-bond acceptors (Lipinski definition) is 3. The van der Waals surface area contributed by atoms with Crippen LogP contribution in [0.25, 0.3) is 0 Å². The molecule has 0 radical (unpaired) electrons. The first-order valence-electron chi connectivity index (χ1n) is 5.01. The lowest BCUT2D eigenvalue weighted by molar-refractivity contribution is -0.147. The molecule has 0 spiro atoms. The summed E-state index contributed by atoms with van der Waals surface area (Å²) in [6.45, 7) is 2.84. The molecule has 1 N–H and O–H groups in total. The number of carboxylic acids is 1. The summed E-state index contributed by atoms with van der Waals surface area (Å²) in [5.41, 5.74) is -1.24. The number of aromatic nitrogens is 1. The number of amides is 1. The minimum absolute atomic E-state index is 0.0551. The molecule has 0 fully saturated rings. The van der Waals surface area contributed by atoms with Gasteiger partial charge in [0.15, 0.2) is 0 Å². The van der Waals surface area contributed by atoms with E-state index in [9.17, 15) is 9.59 Å². The number of aliphatic carboxylic acids is 1. The van der Waals surface area contributed by atoms with Gasteiger partial charge >= 0.3 is 5.97 Å². The van der Waals surface area contributed by atoms with E-state index in [0.29, 0.717) is 0 Å². The Morgan fingerprint density at radius 1 is 1.33 bits per heavy atom. The molecule has 7 heteroatoms. The van der Waals surface area contributed by atoms with Crippen molar-refractivity contribution in [3.05, 3.63) is 28.0 Å². The summed E-state index contributed by atoms with van der Waals surface area (Å²) >= 11 is 11.4. The second-order valence-corrected chi connectivity index (χ2v) is 4.95. The lowest BCUT2D eigenvalue weighted by Crippen LogP contribution is -2.50. The Kier molecular flexibility index (Phi) is 4.19. The Bertz CT molecular complexity index is 503. The summed E-state index contributed by atoms with van der Waals surface area (Å²) in [5, 5.41) is 9.17. The number of halogens is 2. The molecule has 0 aliphatic heterocycles. The number of carboxylic acid groups (broad SMARTS) is 1. The van der Waals surface area contributed by atoms with Crippen LogP contribution in [0.15, 0.2) is 12.1 Å². The highest BCUT2D eigenvalue weighted by Crippen LogP contribution is 2.21. The topological polar surface area (TPSA) is 70.5 Å². The predicted molar refractivity (Wildman–Crippen MR) is 68.1 cm³/mol. The van der Waals surface area contributed by atoms with Crippen molar-refractivity contribution in [3.8, 4) is 0 Å². The second kappa shape index (κ2) is 5.12. The van der Waals surface area contributed by atoms with Crippen LogP contribution in [0.5, 0.6) is 0 Å². The van der Waals surface area contributed by atoms with Crippen LogP contribution in [0, 0.1) is 0 Å². The molecule has 0 aliphatic rings. The fraction of sp³-hybridized carbons (Fsp3) is 0.364. The van der Waals surface area contributed by atoms with Crippen LogP contribution in [0.3, 0.4) is 0 Å². The van der Waals surface area contributed by atoms with E-state index in [0.717, 1.165) is 4.90 Å². The van der Waals surface area contributed by atoms with E-state index < -0.39 is 17.4 Å². The van der Waals surface area contributed by atoms with Gasteiger partial charge in [-0.1, -0.05) is 23.2 Å². The number of carbonyl (C=O) groups is 2. The molecule has 98 valence electrons. The molecular formula is C11H12Cl2N2O3. The average Bonchev–Trinajstić information content (AvgIpc) is 2.26. The van der Waals surface area contributed by atoms with E-state index >= 15 is 0 Å². The molecular weight excluding hydrogens is 279 g/mol. The van der Waals surface area contributed by atoms with Crippen molar-refractivity contribution < 1.29 is 14.7 Å². The van der Waals surface area contributed by atoms with Crippen LogP contribution in [0.2, 0.25) is 10.3 Å². The summed E-state index contributed by atoms with van der Waals surface area (Å²) in [5.74, 6) is -1.65. The number of rotatable bonds is 3. The molecule has 1 amide bonds. The quantitative estimate of drug-likeness (QED) is 0.868. The first kappa shape index (κ1) is 14.7. The fourth-order valence-corrected chi connectivity index (χ4v) is 1.58. The van der Waals surface area contributed by atoms with E-state index in [2.05, 4.69) is 4.98 Å². The van der Waals surface area contributed by atoms with Gasteiger partial charge in [0, 0.05) is 7.05 Å². The molecule has 18 heavy (non-hydrogen) atoms. The molecule has 1 aromatic heterocycles.